The van der Waals surface area contributed by atoms with E-state index in [1.54, 1.807) is 36.4 Å². The van der Waals surface area contributed by atoms with Crippen molar-refractivity contribution < 1.29 is 9.59 Å². The Morgan fingerprint density at radius 1 is 0.960 bits per heavy atom. The van der Waals surface area contributed by atoms with Crippen LogP contribution in [0.5, 0.6) is 0 Å². The molecule has 1 fully saturated rings. The number of nitrogens with one attached hydrogen (secondary N) is 1. The lowest BCUT2D eigenvalue weighted by Gasteiger charge is -2.30. The molecule has 25 heavy (non-hydrogen) atoms. The molecule has 5 heteroatoms. The third kappa shape index (κ3) is 4.48. The van der Waals surface area contributed by atoms with Crippen molar-refractivity contribution in [3.05, 3.63) is 64.1 Å². The van der Waals surface area contributed by atoms with Gasteiger partial charge in [-0.3, -0.25) is 9.59 Å². The van der Waals surface area contributed by atoms with Gasteiger partial charge in [-0.05, 0) is 67.3 Å². The van der Waals surface area contributed by atoms with Gasteiger partial charge >= 0.3 is 0 Å². The predicted octanol–water partition coefficient (Wildman–Crippen LogP) is 4.57. The number of likely N-dealkylation sites (tertiary alicyclic amines) is 1. The Balaban J connectivity index is 1.63. The summed E-state index contributed by atoms with van der Waals surface area (Å²) in [6, 6.07) is 14.3. The van der Waals surface area contributed by atoms with Gasteiger partial charge < -0.3 is 10.2 Å². The van der Waals surface area contributed by atoms with Crippen molar-refractivity contribution >= 4 is 33.4 Å². The van der Waals surface area contributed by atoms with Gasteiger partial charge in [0, 0.05) is 34.4 Å². The van der Waals surface area contributed by atoms with Crippen LogP contribution in [0.25, 0.3) is 0 Å². The van der Waals surface area contributed by atoms with E-state index in [0.717, 1.165) is 30.4 Å². The van der Waals surface area contributed by atoms with Crippen LogP contribution in [0.1, 0.15) is 40.5 Å². The molecule has 0 spiro atoms. The summed E-state index contributed by atoms with van der Waals surface area (Å²) < 4.78 is 0.930. The lowest BCUT2D eigenvalue weighted by molar-refractivity contribution is 0.0697. The molecule has 1 saturated heterocycles. The molecule has 130 valence electrons. The first-order chi connectivity index (χ1) is 12.0. The van der Waals surface area contributed by atoms with E-state index in [0.29, 0.717) is 22.7 Å². The molecule has 1 aliphatic rings. The van der Waals surface area contributed by atoms with Crippen molar-refractivity contribution in [1.29, 1.82) is 0 Å². The SMILES string of the molecule is CC1CCN(C(=O)c2ccc(NC(=O)c3ccc(Br)cc3)cc2)CC1. The second-order valence-corrected chi connectivity index (χ2v) is 7.43. The smallest absolute Gasteiger partial charge is 0.255 e. The van der Waals surface area contributed by atoms with Crippen LogP contribution in [0.4, 0.5) is 5.69 Å². The Hall–Kier alpha value is -2.14. The summed E-state index contributed by atoms with van der Waals surface area (Å²) >= 11 is 3.35. The maximum Gasteiger partial charge on any atom is 0.255 e. The molecule has 0 aromatic heterocycles. The third-order valence-corrected chi connectivity index (χ3v) is 5.10. The van der Waals surface area contributed by atoms with Crippen molar-refractivity contribution in [2.75, 3.05) is 18.4 Å². The molecular weight excluding hydrogens is 380 g/mol. The van der Waals surface area contributed by atoms with Crippen LogP contribution in [0.15, 0.2) is 53.0 Å². The van der Waals surface area contributed by atoms with E-state index in [-0.39, 0.29) is 11.8 Å². The maximum atomic E-state index is 12.5. The summed E-state index contributed by atoms with van der Waals surface area (Å²) in [5, 5.41) is 2.85. The molecule has 1 N–H and O–H groups in total. The Labute approximate surface area is 156 Å². The first-order valence-electron chi connectivity index (χ1n) is 8.49. The minimum absolute atomic E-state index is 0.0673. The van der Waals surface area contributed by atoms with Gasteiger partial charge in [0.15, 0.2) is 0 Å². The van der Waals surface area contributed by atoms with Gasteiger partial charge in [0.05, 0.1) is 0 Å². The molecule has 2 aromatic carbocycles. The molecule has 0 radical (unpaired) electrons. The largest absolute Gasteiger partial charge is 0.339 e. The minimum atomic E-state index is -0.170. The molecule has 0 bridgehead atoms. The lowest BCUT2D eigenvalue weighted by Crippen LogP contribution is -2.37. The summed E-state index contributed by atoms with van der Waals surface area (Å²) in [4.78, 5) is 26.7. The fraction of sp³-hybridized carbons (Fsp3) is 0.300. The van der Waals surface area contributed by atoms with Crippen molar-refractivity contribution in [1.82, 2.24) is 4.90 Å². The Morgan fingerprint density at radius 3 is 2.12 bits per heavy atom. The van der Waals surface area contributed by atoms with Gasteiger partial charge in [-0.2, -0.15) is 0 Å². The fourth-order valence-electron chi connectivity index (χ4n) is 2.89. The van der Waals surface area contributed by atoms with E-state index in [9.17, 15) is 9.59 Å². The third-order valence-electron chi connectivity index (χ3n) is 4.57. The van der Waals surface area contributed by atoms with E-state index < -0.39 is 0 Å². The summed E-state index contributed by atoms with van der Waals surface area (Å²) in [6.07, 6.45) is 2.13. The van der Waals surface area contributed by atoms with Crippen LogP contribution in [0.3, 0.4) is 0 Å². The average Bonchev–Trinajstić information content (AvgIpc) is 2.63. The molecule has 0 aliphatic carbocycles. The summed E-state index contributed by atoms with van der Waals surface area (Å²) in [7, 11) is 0. The number of benzene rings is 2. The monoisotopic (exact) mass is 400 g/mol. The average molecular weight is 401 g/mol. The molecule has 0 saturated carbocycles. The van der Waals surface area contributed by atoms with Gasteiger partial charge in [-0.15, -0.1) is 0 Å². The first kappa shape index (κ1) is 17.7. The van der Waals surface area contributed by atoms with Gasteiger partial charge in [-0.1, -0.05) is 22.9 Å². The number of hydrogen-bond acceptors (Lipinski definition) is 2. The number of piperidine rings is 1. The van der Waals surface area contributed by atoms with Gasteiger partial charge in [0.2, 0.25) is 0 Å². The molecular formula is C20H21BrN2O2. The highest BCUT2D eigenvalue weighted by molar-refractivity contribution is 9.10. The Bertz CT molecular complexity index is 748. The Kier molecular flexibility index (Phi) is 5.53. The van der Waals surface area contributed by atoms with Crippen LogP contribution >= 0.6 is 15.9 Å². The van der Waals surface area contributed by atoms with E-state index in [1.165, 1.54) is 0 Å². The van der Waals surface area contributed by atoms with Crippen LogP contribution < -0.4 is 5.32 Å². The quantitative estimate of drug-likeness (QED) is 0.819. The van der Waals surface area contributed by atoms with Crippen molar-refractivity contribution in [2.24, 2.45) is 5.92 Å². The van der Waals surface area contributed by atoms with Gasteiger partial charge in [0.1, 0.15) is 0 Å². The van der Waals surface area contributed by atoms with E-state index >= 15 is 0 Å². The van der Waals surface area contributed by atoms with Crippen molar-refractivity contribution in [2.45, 2.75) is 19.8 Å². The number of nitrogens with zero attached hydrogens (tertiary/aromatic N) is 1. The molecule has 3 rings (SSSR count). The second kappa shape index (κ2) is 7.83. The van der Waals surface area contributed by atoms with Crippen LogP contribution in [0, 0.1) is 5.92 Å². The van der Waals surface area contributed by atoms with Gasteiger partial charge in [-0.25, -0.2) is 0 Å². The number of amides is 2. The van der Waals surface area contributed by atoms with Crippen molar-refractivity contribution in [3.63, 3.8) is 0 Å². The summed E-state index contributed by atoms with van der Waals surface area (Å²) in [6.45, 7) is 3.87. The number of carbonyl (C=O) groups is 2. The normalized spacial score (nSPS) is 15.0. The van der Waals surface area contributed by atoms with E-state index in [2.05, 4.69) is 28.2 Å². The molecule has 1 aliphatic heterocycles. The highest BCUT2D eigenvalue weighted by atomic mass is 79.9. The molecule has 2 amide bonds. The highest BCUT2D eigenvalue weighted by Crippen LogP contribution is 2.19. The summed E-state index contributed by atoms with van der Waals surface area (Å²) in [5.74, 6) is 0.592. The number of hydrogen-bond donors (Lipinski definition) is 1. The maximum absolute atomic E-state index is 12.5. The molecule has 2 aromatic rings. The van der Waals surface area contributed by atoms with E-state index in [1.807, 2.05) is 17.0 Å². The zero-order valence-electron chi connectivity index (χ0n) is 14.2. The molecule has 4 nitrogen and oxygen atoms in total. The fourth-order valence-corrected chi connectivity index (χ4v) is 3.16. The van der Waals surface area contributed by atoms with Crippen LogP contribution in [0.2, 0.25) is 0 Å². The molecule has 0 atom stereocenters. The summed E-state index contributed by atoms with van der Waals surface area (Å²) in [5.41, 5.74) is 1.93. The number of anilines is 1. The van der Waals surface area contributed by atoms with Crippen molar-refractivity contribution in [3.8, 4) is 0 Å². The predicted molar refractivity (Wildman–Crippen MR) is 103 cm³/mol. The standard InChI is InChI=1S/C20H21BrN2O2/c1-14-10-12-23(13-11-14)20(25)16-4-8-18(9-5-16)22-19(24)15-2-6-17(21)7-3-15/h2-9,14H,10-13H2,1H3,(H,22,24). The van der Waals surface area contributed by atoms with Gasteiger partial charge in [0.25, 0.3) is 11.8 Å². The molecule has 1 heterocycles. The zero-order chi connectivity index (χ0) is 17.8. The second-order valence-electron chi connectivity index (χ2n) is 6.51. The minimum Gasteiger partial charge on any atom is -0.339 e. The molecule has 0 unspecified atom stereocenters. The zero-order valence-corrected chi connectivity index (χ0v) is 15.8. The lowest BCUT2D eigenvalue weighted by atomic mass is 9.98. The Morgan fingerprint density at radius 2 is 1.52 bits per heavy atom. The number of rotatable bonds is 3. The number of carbonyl (C=O) groups excluding carboxylic acids is 2. The first-order valence-corrected chi connectivity index (χ1v) is 9.28. The van der Waals surface area contributed by atoms with E-state index in [4.69, 9.17) is 0 Å². The number of halogens is 1. The van der Waals surface area contributed by atoms with Crippen LogP contribution in [-0.2, 0) is 0 Å². The topological polar surface area (TPSA) is 49.4 Å². The highest BCUT2D eigenvalue weighted by Gasteiger charge is 2.21. The van der Waals surface area contributed by atoms with Crippen LogP contribution in [-0.4, -0.2) is 29.8 Å².